The Hall–Kier alpha value is -2.75. The highest BCUT2D eigenvalue weighted by atomic mass is 16.7. The Morgan fingerprint density at radius 1 is 0.962 bits per heavy atom. The SMILES string of the molecule is CC1(C)CC(=O)C2=C(C1)Oc1cc3c(cc1C2c1ccccc1)OCO3. The van der Waals surface area contributed by atoms with E-state index in [9.17, 15) is 4.79 Å². The second-order valence-corrected chi connectivity index (χ2v) is 7.97. The number of rotatable bonds is 1. The van der Waals surface area contributed by atoms with Crippen LogP contribution in [0.3, 0.4) is 0 Å². The maximum atomic E-state index is 13.1. The zero-order chi connectivity index (χ0) is 17.9. The van der Waals surface area contributed by atoms with Crippen molar-refractivity contribution in [2.45, 2.75) is 32.6 Å². The third-order valence-electron chi connectivity index (χ3n) is 5.35. The van der Waals surface area contributed by atoms with Crippen LogP contribution in [0.2, 0.25) is 0 Å². The molecule has 0 amide bonds. The molecule has 1 aliphatic carbocycles. The van der Waals surface area contributed by atoms with Gasteiger partial charge in [0, 0.05) is 36.0 Å². The normalized spacial score (nSPS) is 22.5. The first-order valence-electron chi connectivity index (χ1n) is 8.94. The Labute approximate surface area is 152 Å². The van der Waals surface area contributed by atoms with Crippen LogP contribution >= 0.6 is 0 Å². The first-order valence-corrected chi connectivity index (χ1v) is 8.94. The number of Topliss-reactive ketones (excluding diaryl/α,β-unsaturated/α-hetero) is 1. The first kappa shape index (κ1) is 15.5. The van der Waals surface area contributed by atoms with Crippen molar-refractivity contribution < 1.29 is 19.0 Å². The minimum absolute atomic E-state index is 0.0923. The largest absolute Gasteiger partial charge is 0.461 e. The topological polar surface area (TPSA) is 44.8 Å². The van der Waals surface area contributed by atoms with Crippen molar-refractivity contribution >= 4 is 5.78 Å². The number of ether oxygens (including phenoxy) is 3. The van der Waals surface area contributed by atoms with E-state index in [1.807, 2.05) is 30.3 Å². The van der Waals surface area contributed by atoms with Gasteiger partial charge in [-0.25, -0.2) is 0 Å². The summed E-state index contributed by atoms with van der Waals surface area (Å²) < 4.78 is 17.3. The molecular formula is C22H20O4. The average Bonchev–Trinajstić information content (AvgIpc) is 3.05. The molecule has 5 rings (SSSR count). The van der Waals surface area contributed by atoms with Crippen molar-refractivity contribution in [1.29, 1.82) is 0 Å². The van der Waals surface area contributed by atoms with Crippen molar-refractivity contribution in [3.63, 3.8) is 0 Å². The lowest BCUT2D eigenvalue weighted by atomic mass is 9.70. The van der Waals surface area contributed by atoms with Gasteiger partial charge in [0.1, 0.15) is 11.5 Å². The van der Waals surface area contributed by atoms with E-state index < -0.39 is 0 Å². The molecule has 1 atom stereocenters. The van der Waals surface area contributed by atoms with Crippen LogP contribution in [0.5, 0.6) is 17.2 Å². The Morgan fingerprint density at radius 3 is 2.46 bits per heavy atom. The quantitative estimate of drug-likeness (QED) is 0.756. The lowest BCUT2D eigenvalue weighted by molar-refractivity contribution is -0.118. The van der Waals surface area contributed by atoms with Crippen LogP contribution < -0.4 is 14.2 Å². The lowest BCUT2D eigenvalue weighted by Crippen LogP contribution is -2.32. The van der Waals surface area contributed by atoms with Gasteiger partial charge in [-0.3, -0.25) is 4.79 Å². The highest BCUT2D eigenvalue weighted by Crippen LogP contribution is 2.52. The highest BCUT2D eigenvalue weighted by molar-refractivity contribution is 6.00. The molecule has 0 fully saturated rings. The molecule has 1 unspecified atom stereocenters. The Bertz CT molecular complexity index is 940. The predicted octanol–water partition coefficient (Wildman–Crippen LogP) is 4.58. The molecule has 0 bridgehead atoms. The van der Waals surface area contributed by atoms with Gasteiger partial charge in [-0.15, -0.1) is 0 Å². The summed E-state index contributed by atoms with van der Waals surface area (Å²) in [6.07, 6.45) is 1.30. The molecule has 0 saturated carbocycles. The van der Waals surface area contributed by atoms with Gasteiger partial charge < -0.3 is 14.2 Å². The molecule has 2 aromatic rings. The Kier molecular flexibility index (Phi) is 3.20. The fraction of sp³-hybridized carbons (Fsp3) is 0.318. The molecule has 0 aromatic heterocycles. The van der Waals surface area contributed by atoms with E-state index >= 15 is 0 Å². The van der Waals surface area contributed by atoms with Gasteiger partial charge in [0.05, 0.1) is 0 Å². The standard InChI is InChI=1S/C22H20O4/c1-22(2)10-15(23)21-19(11-22)26-16-9-18-17(24-12-25-18)8-14(16)20(21)13-6-4-3-5-7-13/h3-9,20H,10-12H2,1-2H3. The van der Waals surface area contributed by atoms with Gasteiger partial charge in [-0.1, -0.05) is 44.2 Å². The molecular weight excluding hydrogens is 328 g/mol. The van der Waals surface area contributed by atoms with Crippen LogP contribution in [0.4, 0.5) is 0 Å². The zero-order valence-electron chi connectivity index (χ0n) is 14.9. The van der Waals surface area contributed by atoms with Crippen molar-refractivity contribution in [1.82, 2.24) is 0 Å². The van der Waals surface area contributed by atoms with Gasteiger partial charge in [0.25, 0.3) is 0 Å². The number of ketones is 1. The van der Waals surface area contributed by atoms with Gasteiger partial charge in [-0.2, -0.15) is 0 Å². The number of carbonyl (C=O) groups is 1. The summed E-state index contributed by atoms with van der Waals surface area (Å²) in [6.45, 7) is 4.45. The van der Waals surface area contributed by atoms with Crippen molar-refractivity contribution in [3.05, 3.63) is 64.9 Å². The van der Waals surface area contributed by atoms with Crippen LogP contribution in [-0.4, -0.2) is 12.6 Å². The van der Waals surface area contributed by atoms with Gasteiger partial charge in [0.2, 0.25) is 6.79 Å². The number of benzene rings is 2. The highest BCUT2D eigenvalue weighted by Gasteiger charge is 2.42. The molecule has 0 radical (unpaired) electrons. The van der Waals surface area contributed by atoms with Gasteiger partial charge >= 0.3 is 0 Å². The number of hydrogen-bond donors (Lipinski definition) is 0. The van der Waals surface area contributed by atoms with E-state index in [4.69, 9.17) is 14.2 Å². The molecule has 0 saturated heterocycles. The molecule has 3 aliphatic rings. The van der Waals surface area contributed by atoms with Crippen LogP contribution in [0.25, 0.3) is 0 Å². The summed E-state index contributed by atoms with van der Waals surface area (Å²) in [5.41, 5.74) is 2.76. The average molecular weight is 348 g/mol. The third-order valence-corrected chi connectivity index (χ3v) is 5.35. The molecule has 2 heterocycles. The van der Waals surface area contributed by atoms with E-state index in [1.165, 1.54) is 0 Å². The van der Waals surface area contributed by atoms with Crippen LogP contribution in [0.1, 0.15) is 43.7 Å². The summed E-state index contributed by atoms with van der Waals surface area (Å²) >= 11 is 0. The molecule has 2 aliphatic heterocycles. The number of hydrogen-bond acceptors (Lipinski definition) is 4. The summed E-state index contributed by atoms with van der Waals surface area (Å²) in [5.74, 6) is 3.00. The molecule has 26 heavy (non-hydrogen) atoms. The van der Waals surface area contributed by atoms with E-state index in [1.54, 1.807) is 0 Å². The van der Waals surface area contributed by atoms with Crippen molar-refractivity contribution in [3.8, 4) is 17.2 Å². The van der Waals surface area contributed by atoms with Gasteiger partial charge in [-0.05, 0) is 17.0 Å². The van der Waals surface area contributed by atoms with E-state index in [-0.39, 0.29) is 23.9 Å². The monoisotopic (exact) mass is 348 g/mol. The molecule has 0 spiro atoms. The van der Waals surface area contributed by atoms with Crippen LogP contribution in [0.15, 0.2) is 53.8 Å². The number of fused-ring (bicyclic) bond motifs is 2. The maximum Gasteiger partial charge on any atom is 0.231 e. The predicted molar refractivity (Wildman–Crippen MR) is 96.5 cm³/mol. The van der Waals surface area contributed by atoms with Crippen molar-refractivity contribution in [2.75, 3.05) is 6.79 Å². The molecule has 0 N–H and O–H groups in total. The van der Waals surface area contributed by atoms with Crippen molar-refractivity contribution in [2.24, 2.45) is 5.41 Å². The Balaban J connectivity index is 1.73. The zero-order valence-corrected chi connectivity index (χ0v) is 14.9. The molecule has 2 aromatic carbocycles. The summed E-state index contributed by atoms with van der Waals surface area (Å²) in [6, 6.07) is 14.0. The maximum absolute atomic E-state index is 13.1. The molecule has 4 nitrogen and oxygen atoms in total. The summed E-state index contributed by atoms with van der Waals surface area (Å²) in [4.78, 5) is 13.1. The van der Waals surface area contributed by atoms with Crippen LogP contribution in [-0.2, 0) is 4.79 Å². The van der Waals surface area contributed by atoms with E-state index in [0.29, 0.717) is 17.9 Å². The number of allylic oxidation sites excluding steroid dienone is 2. The first-order chi connectivity index (χ1) is 12.5. The van der Waals surface area contributed by atoms with Crippen LogP contribution in [0, 0.1) is 5.41 Å². The number of carbonyl (C=O) groups excluding carboxylic acids is 1. The van der Waals surface area contributed by atoms with E-state index in [2.05, 4.69) is 26.0 Å². The third kappa shape index (κ3) is 2.32. The smallest absolute Gasteiger partial charge is 0.231 e. The fourth-order valence-corrected chi connectivity index (χ4v) is 4.22. The minimum atomic E-state index is -0.131. The second kappa shape index (κ2) is 5.37. The second-order valence-electron chi connectivity index (χ2n) is 7.97. The fourth-order valence-electron chi connectivity index (χ4n) is 4.22. The minimum Gasteiger partial charge on any atom is -0.461 e. The van der Waals surface area contributed by atoms with Gasteiger partial charge in [0.15, 0.2) is 17.3 Å². The Morgan fingerprint density at radius 2 is 1.69 bits per heavy atom. The summed E-state index contributed by atoms with van der Waals surface area (Å²) in [7, 11) is 0. The lowest BCUT2D eigenvalue weighted by Gasteiger charge is -2.38. The molecule has 132 valence electrons. The molecule has 4 heteroatoms. The van der Waals surface area contributed by atoms with E-state index in [0.717, 1.165) is 34.6 Å². The summed E-state index contributed by atoms with van der Waals surface area (Å²) in [5, 5.41) is 0.